The van der Waals surface area contributed by atoms with Crippen molar-refractivity contribution in [1.82, 2.24) is 4.90 Å². The Morgan fingerprint density at radius 3 is 2.65 bits per heavy atom. The number of nitro benzene ring substituents is 1. The summed E-state index contributed by atoms with van der Waals surface area (Å²) in [6.07, 6.45) is 0. The molecule has 7 nitrogen and oxygen atoms in total. The van der Waals surface area contributed by atoms with E-state index < -0.39 is 10.9 Å². The van der Waals surface area contributed by atoms with E-state index in [4.69, 9.17) is 5.11 Å². The number of carboxylic acid groups (broad SMARTS) is 1. The topological polar surface area (TPSA) is 95.7 Å². The zero-order valence-electron chi connectivity index (χ0n) is 11.8. The minimum atomic E-state index is -1.19. The molecular formula is C13H19N3O4. The highest BCUT2D eigenvalue weighted by atomic mass is 16.6. The normalized spacial score (nSPS) is 10.8. The third kappa shape index (κ3) is 4.20. The van der Waals surface area contributed by atoms with Crippen LogP contribution in [0.15, 0.2) is 18.2 Å². The number of likely N-dealkylation sites (N-methyl/N-ethyl adjacent to an activating group) is 1. The molecule has 0 aliphatic heterocycles. The fraction of sp³-hybridized carbons (Fsp3) is 0.462. The van der Waals surface area contributed by atoms with Crippen LogP contribution in [0.4, 0.5) is 11.4 Å². The third-order valence-corrected chi connectivity index (χ3v) is 3.11. The van der Waals surface area contributed by atoms with Crippen LogP contribution in [0, 0.1) is 10.1 Å². The molecule has 0 saturated carbocycles. The molecule has 110 valence electrons. The molecule has 20 heavy (non-hydrogen) atoms. The van der Waals surface area contributed by atoms with Gasteiger partial charge in [0.05, 0.1) is 10.5 Å². The number of rotatable bonds is 7. The summed E-state index contributed by atoms with van der Waals surface area (Å²) in [5, 5.41) is 22.7. The predicted molar refractivity (Wildman–Crippen MR) is 76.3 cm³/mol. The first-order valence-electron chi connectivity index (χ1n) is 6.28. The van der Waals surface area contributed by atoms with Gasteiger partial charge in [0.1, 0.15) is 0 Å². The van der Waals surface area contributed by atoms with E-state index in [0.29, 0.717) is 18.3 Å². The molecule has 0 unspecified atom stereocenters. The number of hydrogen-bond acceptors (Lipinski definition) is 5. The lowest BCUT2D eigenvalue weighted by Gasteiger charge is -2.21. The van der Waals surface area contributed by atoms with Crippen molar-refractivity contribution in [1.29, 1.82) is 0 Å². The molecule has 0 fully saturated rings. The zero-order chi connectivity index (χ0) is 15.3. The molecule has 1 rings (SSSR count). The second kappa shape index (κ2) is 6.85. The fourth-order valence-corrected chi connectivity index (χ4v) is 1.60. The van der Waals surface area contributed by atoms with E-state index in [-0.39, 0.29) is 11.3 Å². The molecule has 0 bridgehead atoms. The molecule has 0 radical (unpaired) electrons. The molecule has 0 amide bonds. The number of carbonyl (C=O) groups is 1. The molecule has 7 heteroatoms. The van der Waals surface area contributed by atoms with Crippen LogP contribution in [0.2, 0.25) is 0 Å². The quantitative estimate of drug-likeness (QED) is 0.586. The number of nitrogens with zero attached hydrogens (tertiary/aromatic N) is 2. The lowest BCUT2D eigenvalue weighted by atomic mass is 10.1. The number of nitro groups is 1. The lowest BCUT2D eigenvalue weighted by Crippen LogP contribution is -2.31. The van der Waals surface area contributed by atoms with Gasteiger partial charge in [-0.2, -0.15) is 0 Å². The summed E-state index contributed by atoms with van der Waals surface area (Å²) >= 11 is 0. The second-order valence-corrected chi connectivity index (χ2v) is 4.79. The summed E-state index contributed by atoms with van der Waals surface area (Å²) in [6, 6.07) is 4.18. The fourth-order valence-electron chi connectivity index (χ4n) is 1.60. The van der Waals surface area contributed by atoms with Crippen molar-refractivity contribution in [2.45, 2.75) is 19.9 Å². The van der Waals surface area contributed by atoms with E-state index in [0.717, 1.165) is 12.6 Å². The Morgan fingerprint density at radius 1 is 1.50 bits per heavy atom. The average Bonchev–Trinajstić information content (AvgIpc) is 2.38. The van der Waals surface area contributed by atoms with Crippen LogP contribution in [0.3, 0.4) is 0 Å². The molecular weight excluding hydrogens is 262 g/mol. The number of aromatic carboxylic acids is 1. The first kappa shape index (κ1) is 15.9. The number of nitrogens with one attached hydrogen (secondary N) is 1. The van der Waals surface area contributed by atoms with Gasteiger partial charge in [-0.1, -0.05) is 0 Å². The Bertz CT molecular complexity index is 502. The van der Waals surface area contributed by atoms with Crippen molar-refractivity contribution >= 4 is 17.3 Å². The zero-order valence-corrected chi connectivity index (χ0v) is 11.8. The molecule has 0 aliphatic rings. The maximum absolute atomic E-state index is 11.1. The number of hydrogen-bond donors (Lipinski definition) is 2. The van der Waals surface area contributed by atoms with Crippen molar-refractivity contribution in [3.8, 4) is 0 Å². The molecule has 2 N–H and O–H groups in total. The van der Waals surface area contributed by atoms with Crippen molar-refractivity contribution in [3.05, 3.63) is 33.9 Å². The third-order valence-electron chi connectivity index (χ3n) is 3.11. The Morgan fingerprint density at radius 2 is 2.15 bits per heavy atom. The number of carboxylic acids is 1. The molecule has 0 spiro atoms. The molecule has 0 aromatic heterocycles. The van der Waals surface area contributed by atoms with E-state index in [1.165, 1.54) is 12.1 Å². The van der Waals surface area contributed by atoms with Gasteiger partial charge in [-0.05, 0) is 27.0 Å². The summed E-state index contributed by atoms with van der Waals surface area (Å²) < 4.78 is 0. The number of non-ortho nitro benzene ring substituents is 1. The van der Waals surface area contributed by atoms with E-state index in [1.807, 2.05) is 7.05 Å². The SMILES string of the molecule is CC(C)N(C)CCNc1ccc([N+](=O)[O-])cc1C(=O)O. The van der Waals surface area contributed by atoms with Crippen LogP contribution in [-0.2, 0) is 0 Å². The van der Waals surface area contributed by atoms with Crippen LogP contribution < -0.4 is 5.32 Å². The lowest BCUT2D eigenvalue weighted by molar-refractivity contribution is -0.384. The summed E-state index contributed by atoms with van der Waals surface area (Å²) in [7, 11) is 1.97. The average molecular weight is 281 g/mol. The standard InChI is InChI=1S/C13H19N3O4/c1-9(2)15(3)7-6-14-12-5-4-10(16(19)20)8-11(12)13(17)18/h4-5,8-9,14H,6-7H2,1-3H3,(H,17,18). The van der Waals surface area contributed by atoms with Gasteiger partial charge >= 0.3 is 5.97 Å². The maximum atomic E-state index is 11.1. The minimum absolute atomic E-state index is 0.0913. The second-order valence-electron chi connectivity index (χ2n) is 4.79. The van der Waals surface area contributed by atoms with Gasteiger partial charge in [0, 0.05) is 37.0 Å². The Labute approximate surface area is 117 Å². The van der Waals surface area contributed by atoms with Crippen LogP contribution >= 0.6 is 0 Å². The minimum Gasteiger partial charge on any atom is -0.478 e. The molecule has 1 aromatic carbocycles. The highest BCUT2D eigenvalue weighted by molar-refractivity contribution is 5.95. The molecule has 0 aliphatic carbocycles. The van der Waals surface area contributed by atoms with Crippen molar-refractivity contribution in [2.75, 3.05) is 25.5 Å². The smallest absolute Gasteiger partial charge is 0.338 e. The highest BCUT2D eigenvalue weighted by Crippen LogP contribution is 2.22. The highest BCUT2D eigenvalue weighted by Gasteiger charge is 2.15. The van der Waals surface area contributed by atoms with Crippen LogP contribution in [0.1, 0.15) is 24.2 Å². The maximum Gasteiger partial charge on any atom is 0.338 e. The first-order valence-corrected chi connectivity index (χ1v) is 6.28. The van der Waals surface area contributed by atoms with E-state index in [9.17, 15) is 14.9 Å². The number of anilines is 1. The van der Waals surface area contributed by atoms with Gasteiger partial charge < -0.3 is 15.3 Å². The van der Waals surface area contributed by atoms with Crippen molar-refractivity contribution in [3.63, 3.8) is 0 Å². The van der Waals surface area contributed by atoms with Crippen LogP contribution in [-0.4, -0.2) is 47.1 Å². The van der Waals surface area contributed by atoms with Gasteiger partial charge in [0.15, 0.2) is 0 Å². The summed E-state index contributed by atoms with van der Waals surface area (Å²) in [5.74, 6) is -1.19. The molecule has 0 atom stereocenters. The Kier molecular flexibility index (Phi) is 5.45. The number of benzene rings is 1. The first-order chi connectivity index (χ1) is 9.32. The Hall–Kier alpha value is -2.15. The van der Waals surface area contributed by atoms with Gasteiger partial charge in [0.2, 0.25) is 0 Å². The predicted octanol–water partition coefficient (Wildman–Crippen LogP) is 2.05. The molecule has 1 aromatic rings. The van der Waals surface area contributed by atoms with Gasteiger partial charge in [-0.3, -0.25) is 10.1 Å². The monoisotopic (exact) mass is 281 g/mol. The Balaban J connectivity index is 2.79. The van der Waals surface area contributed by atoms with Gasteiger partial charge in [-0.25, -0.2) is 4.79 Å². The summed E-state index contributed by atoms with van der Waals surface area (Å²) in [6.45, 7) is 5.43. The molecule has 0 heterocycles. The van der Waals surface area contributed by atoms with Crippen LogP contribution in [0.25, 0.3) is 0 Å². The van der Waals surface area contributed by atoms with E-state index >= 15 is 0 Å². The van der Waals surface area contributed by atoms with E-state index in [1.54, 1.807) is 0 Å². The van der Waals surface area contributed by atoms with Crippen LogP contribution in [0.5, 0.6) is 0 Å². The largest absolute Gasteiger partial charge is 0.478 e. The van der Waals surface area contributed by atoms with Gasteiger partial charge in [-0.15, -0.1) is 0 Å². The summed E-state index contributed by atoms with van der Waals surface area (Å²) in [5.41, 5.74) is 0.0684. The van der Waals surface area contributed by atoms with Crippen molar-refractivity contribution in [2.24, 2.45) is 0 Å². The van der Waals surface area contributed by atoms with E-state index in [2.05, 4.69) is 24.1 Å². The molecule has 0 saturated heterocycles. The van der Waals surface area contributed by atoms with Crippen molar-refractivity contribution < 1.29 is 14.8 Å². The summed E-state index contributed by atoms with van der Waals surface area (Å²) in [4.78, 5) is 23.3. The van der Waals surface area contributed by atoms with Gasteiger partial charge in [0.25, 0.3) is 5.69 Å².